The van der Waals surface area contributed by atoms with Crippen molar-refractivity contribution in [2.45, 2.75) is 39.0 Å². The molecule has 0 saturated carbocycles. The highest BCUT2D eigenvalue weighted by Crippen LogP contribution is 2.08. The van der Waals surface area contributed by atoms with Crippen LogP contribution in [-0.2, 0) is 22.4 Å². The zero-order chi connectivity index (χ0) is 20.2. The fraction of sp³-hybridized carbons (Fsp3) is 0.636. The Bertz CT molecular complexity index is 597. The monoisotopic (exact) mass is 388 g/mol. The van der Waals surface area contributed by atoms with Crippen molar-refractivity contribution in [3.05, 3.63) is 35.4 Å². The van der Waals surface area contributed by atoms with Gasteiger partial charge in [0.25, 0.3) is 0 Å². The molecule has 156 valence electrons. The van der Waals surface area contributed by atoms with Crippen LogP contribution in [0.1, 0.15) is 37.3 Å². The van der Waals surface area contributed by atoms with Gasteiger partial charge in [0.05, 0.1) is 12.8 Å². The van der Waals surface area contributed by atoms with Crippen molar-refractivity contribution < 1.29 is 9.59 Å². The van der Waals surface area contributed by atoms with Gasteiger partial charge in [-0.05, 0) is 50.7 Å². The molecule has 6 heteroatoms. The van der Waals surface area contributed by atoms with E-state index in [2.05, 4.69) is 27.4 Å². The van der Waals surface area contributed by atoms with E-state index in [-0.39, 0.29) is 11.8 Å². The van der Waals surface area contributed by atoms with Gasteiger partial charge in [0.1, 0.15) is 0 Å². The molecule has 2 N–H and O–H groups in total. The predicted octanol–water partition coefficient (Wildman–Crippen LogP) is 1.44. The van der Waals surface area contributed by atoms with E-state index in [1.54, 1.807) is 0 Å². The average Bonchev–Trinajstić information content (AvgIpc) is 2.70. The van der Waals surface area contributed by atoms with Crippen LogP contribution in [0.2, 0.25) is 0 Å². The molecule has 2 rings (SSSR count). The van der Waals surface area contributed by atoms with Crippen LogP contribution in [0.5, 0.6) is 0 Å². The van der Waals surface area contributed by atoms with E-state index in [9.17, 15) is 9.59 Å². The summed E-state index contributed by atoms with van der Waals surface area (Å²) in [7, 11) is 2.04. The average molecular weight is 389 g/mol. The number of amides is 2. The molecule has 1 aromatic carbocycles. The Morgan fingerprint density at radius 2 is 1.46 bits per heavy atom. The predicted molar refractivity (Wildman–Crippen MR) is 113 cm³/mol. The first kappa shape index (κ1) is 22.4. The van der Waals surface area contributed by atoms with E-state index < -0.39 is 0 Å². The number of hydrogen-bond acceptors (Lipinski definition) is 4. The Kier molecular flexibility index (Phi) is 10.0. The van der Waals surface area contributed by atoms with Crippen LogP contribution < -0.4 is 10.6 Å². The second kappa shape index (κ2) is 12.5. The first-order chi connectivity index (χ1) is 13.6. The Balaban J connectivity index is 1.64. The third kappa shape index (κ3) is 8.85. The summed E-state index contributed by atoms with van der Waals surface area (Å²) < 4.78 is 0. The van der Waals surface area contributed by atoms with Gasteiger partial charge in [0, 0.05) is 26.2 Å². The lowest BCUT2D eigenvalue weighted by molar-refractivity contribution is -0.121. The van der Waals surface area contributed by atoms with E-state index in [0.717, 1.165) is 43.9 Å². The first-order valence-corrected chi connectivity index (χ1v) is 10.6. The Hall–Kier alpha value is -1.92. The first-order valence-electron chi connectivity index (χ1n) is 10.6. The summed E-state index contributed by atoms with van der Waals surface area (Å²) in [5.41, 5.74) is 1.94. The van der Waals surface area contributed by atoms with Crippen LogP contribution in [0, 0.1) is 0 Å². The molecule has 0 radical (unpaired) electrons. The molecular formula is C22H36N4O2. The number of benzene rings is 1. The van der Waals surface area contributed by atoms with Gasteiger partial charge < -0.3 is 20.4 Å². The zero-order valence-corrected chi connectivity index (χ0v) is 17.5. The standard InChI is InChI=1S/C22H36N4O2/c1-3-25(2)15-11-23-21(27)17-19-7-9-20(10-8-19)18-22(28)24-12-16-26-13-5-4-6-14-26/h7-10H,3-6,11-18H2,1-2H3,(H,23,27)(H,24,28). The van der Waals surface area contributed by atoms with Crippen molar-refractivity contribution in [3.8, 4) is 0 Å². The molecule has 0 spiro atoms. The summed E-state index contributed by atoms with van der Waals surface area (Å²) in [6, 6.07) is 7.76. The molecule has 0 atom stereocenters. The second-order valence-electron chi connectivity index (χ2n) is 7.67. The number of nitrogens with zero attached hydrogens (tertiary/aromatic N) is 2. The number of rotatable bonds is 11. The minimum Gasteiger partial charge on any atom is -0.355 e. The lowest BCUT2D eigenvalue weighted by Gasteiger charge is -2.26. The van der Waals surface area contributed by atoms with Gasteiger partial charge in [0.2, 0.25) is 11.8 Å². The van der Waals surface area contributed by atoms with E-state index in [4.69, 9.17) is 0 Å². The molecule has 1 saturated heterocycles. The number of likely N-dealkylation sites (N-methyl/N-ethyl adjacent to an activating group) is 1. The van der Waals surface area contributed by atoms with E-state index in [0.29, 0.717) is 25.9 Å². The van der Waals surface area contributed by atoms with Crippen LogP contribution in [0.3, 0.4) is 0 Å². The lowest BCUT2D eigenvalue weighted by Crippen LogP contribution is -2.38. The van der Waals surface area contributed by atoms with Gasteiger partial charge in [-0.15, -0.1) is 0 Å². The topological polar surface area (TPSA) is 64.7 Å². The number of nitrogens with one attached hydrogen (secondary N) is 2. The number of piperidine rings is 1. The van der Waals surface area contributed by atoms with Gasteiger partial charge in [-0.2, -0.15) is 0 Å². The maximum Gasteiger partial charge on any atom is 0.224 e. The molecule has 0 aromatic heterocycles. The van der Waals surface area contributed by atoms with Gasteiger partial charge in [0.15, 0.2) is 0 Å². The summed E-state index contributed by atoms with van der Waals surface area (Å²) in [6.45, 7) is 8.55. The summed E-state index contributed by atoms with van der Waals surface area (Å²) in [4.78, 5) is 28.7. The highest BCUT2D eigenvalue weighted by atomic mass is 16.2. The molecule has 1 aromatic rings. The summed E-state index contributed by atoms with van der Waals surface area (Å²) >= 11 is 0. The Morgan fingerprint density at radius 3 is 2.00 bits per heavy atom. The molecule has 6 nitrogen and oxygen atoms in total. The normalized spacial score (nSPS) is 14.8. The van der Waals surface area contributed by atoms with Crippen LogP contribution in [0.25, 0.3) is 0 Å². The van der Waals surface area contributed by atoms with Gasteiger partial charge in [-0.3, -0.25) is 9.59 Å². The van der Waals surface area contributed by atoms with Crippen molar-refractivity contribution in [1.29, 1.82) is 0 Å². The molecule has 1 heterocycles. The number of likely N-dealkylation sites (tertiary alicyclic amines) is 1. The second-order valence-corrected chi connectivity index (χ2v) is 7.67. The molecule has 0 bridgehead atoms. The number of carbonyl (C=O) groups excluding carboxylic acids is 2. The van der Waals surface area contributed by atoms with Crippen molar-refractivity contribution in [2.75, 3.05) is 52.9 Å². The van der Waals surface area contributed by atoms with E-state index >= 15 is 0 Å². The van der Waals surface area contributed by atoms with Gasteiger partial charge >= 0.3 is 0 Å². The maximum absolute atomic E-state index is 12.1. The summed E-state index contributed by atoms with van der Waals surface area (Å²) in [6.07, 6.45) is 4.63. The smallest absolute Gasteiger partial charge is 0.224 e. The van der Waals surface area contributed by atoms with E-state index in [1.807, 2.05) is 31.3 Å². The molecule has 1 fully saturated rings. The van der Waals surface area contributed by atoms with E-state index in [1.165, 1.54) is 19.3 Å². The van der Waals surface area contributed by atoms with Crippen LogP contribution >= 0.6 is 0 Å². The summed E-state index contributed by atoms with van der Waals surface area (Å²) in [5, 5.41) is 5.96. The molecule has 0 aliphatic carbocycles. The van der Waals surface area contributed by atoms with Crippen LogP contribution in [0.4, 0.5) is 0 Å². The Morgan fingerprint density at radius 1 is 0.929 bits per heavy atom. The lowest BCUT2D eigenvalue weighted by atomic mass is 10.1. The fourth-order valence-corrected chi connectivity index (χ4v) is 3.35. The number of hydrogen-bond donors (Lipinski definition) is 2. The minimum absolute atomic E-state index is 0.0349. The largest absolute Gasteiger partial charge is 0.355 e. The number of carbonyl (C=O) groups is 2. The van der Waals surface area contributed by atoms with Crippen molar-refractivity contribution in [3.63, 3.8) is 0 Å². The molecule has 2 amide bonds. The third-order valence-corrected chi connectivity index (χ3v) is 5.31. The molecule has 1 aliphatic rings. The Labute approximate surface area is 169 Å². The summed E-state index contributed by atoms with van der Waals surface area (Å²) in [5.74, 6) is 0.0928. The van der Waals surface area contributed by atoms with Crippen LogP contribution in [-0.4, -0.2) is 74.5 Å². The van der Waals surface area contributed by atoms with Crippen molar-refractivity contribution in [1.82, 2.24) is 20.4 Å². The molecular weight excluding hydrogens is 352 g/mol. The quantitative estimate of drug-likeness (QED) is 0.602. The third-order valence-electron chi connectivity index (χ3n) is 5.31. The SMILES string of the molecule is CCN(C)CCNC(=O)Cc1ccc(CC(=O)NCCN2CCCCC2)cc1. The minimum atomic E-state index is 0.0349. The zero-order valence-electron chi connectivity index (χ0n) is 17.5. The van der Waals surface area contributed by atoms with Crippen molar-refractivity contribution >= 4 is 11.8 Å². The van der Waals surface area contributed by atoms with Gasteiger partial charge in [-0.25, -0.2) is 0 Å². The van der Waals surface area contributed by atoms with Crippen LogP contribution in [0.15, 0.2) is 24.3 Å². The highest BCUT2D eigenvalue weighted by Gasteiger charge is 2.10. The van der Waals surface area contributed by atoms with Gasteiger partial charge in [-0.1, -0.05) is 37.6 Å². The molecule has 0 unspecified atom stereocenters. The van der Waals surface area contributed by atoms with Crippen molar-refractivity contribution in [2.24, 2.45) is 0 Å². The molecule has 28 heavy (non-hydrogen) atoms. The highest BCUT2D eigenvalue weighted by molar-refractivity contribution is 5.79. The fourth-order valence-electron chi connectivity index (χ4n) is 3.35. The maximum atomic E-state index is 12.1. The molecule has 1 aliphatic heterocycles.